The van der Waals surface area contributed by atoms with E-state index in [1.165, 1.54) is 11.1 Å². The molecule has 2 nitrogen and oxygen atoms in total. The Labute approximate surface area is 154 Å². The monoisotopic (exact) mass is 351 g/mol. The molecule has 3 rings (SSSR count). The van der Waals surface area contributed by atoms with Gasteiger partial charge in [-0.05, 0) is 35.7 Å². The molecule has 0 bridgehead atoms. The van der Waals surface area contributed by atoms with Crippen molar-refractivity contribution in [2.45, 2.75) is 19.1 Å². The Hall–Kier alpha value is -2.13. The topological polar surface area (TPSA) is 32.3 Å². The van der Waals surface area contributed by atoms with Crippen LogP contribution in [0.15, 0.2) is 78.9 Å². The van der Waals surface area contributed by atoms with Crippen LogP contribution in [0.2, 0.25) is 5.02 Å². The van der Waals surface area contributed by atoms with E-state index in [-0.39, 0.29) is 0 Å². The van der Waals surface area contributed by atoms with E-state index in [4.69, 9.17) is 11.6 Å². The molecule has 25 heavy (non-hydrogen) atoms. The van der Waals surface area contributed by atoms with Gasteiger partial charge in [0.15, 0.2) is 0 Å². The zero-order valence-electron chi connectivity index (χ0n) is 14.2. The van der Waals surface area contributed by atoms with E-state index >= 15 is 0 Å². The highest BCUT2D eigenvalue weighted by Crippen LogP contribution is 2.30. The molecule has 0 radical (unpaired) electrons. The second-order valence-corrected chi connectivity index (χ2v) is 6.76. The zero-order valence-corrected chi connectivity index (χ0v) is 15.0. The second-order valence-electron chi connectivity index (χ2n) is 6.32. The second kappa shape index (κ2) is 7.83. The summed E-state index contributed by atoms with van der Waals surface area (Å²) in [7, 11) is 0. The van der Waals surface area contributed by atoms with Crippen molar-refractivity contribution in [1.29, 1.82) is 0 Å². The molecule has 3 aromatic carbocycles. The Morgan fingerprint density at radius 1 is 0.840 bits per heavy atom. The molecule has 0 aliphatic rings. The first-order valence-electron chi connectivity index (χ1n) is 8.38. The summed E-state index contributed by atoms with van der Waals surface area (Å²) in [6, 6.07) is 25.5. The van der Waals surface area contributed by atoms with Crippen molar-refractivity contribution in [2.24, 2.45) is 0 Å². The van der Waals surface area contributed by atoms with Crippen LogP contribution in [0.25, 0.3) is 0 Å². The van der Waals surface area contributed by atoms with Gasteiger partial charge in [-0.3, -0.25) is 0 Å². The molecule has 2 N–H and O–H groups in total. The lowest BCUT2D eigenvalue weighted by Crippen LogP contribution is -2.39. The van der Waals surface area contributed by atoms with E-state index < -0.39 is 5.60 Å². The van der Waals surface area contributed by atoms with E-state index in [1.54, 1.807) is 0 Å². The maximum Gasteiger partial charge on any atom is 0.127 e. The molecule has 3 heteroatoms. The summed E-state index contributed by atoms with van der Waals surface area (Å²) in [5.74, 6) is 0. The third kappa shape index (κ3) is 4.29. The summed E-state index contributed by atoms with van der Waals surface area (Å²) < 4.78 is 0. The van der Waals surface area contributed by atoms with Crippen LogP contribution in [0.4, 0.5) is 0 Å². The molecule has 0 amide bonds. The van der Waals surface area contributed by atoms with Crippen molar-refractivity contribution >= 4 is 11.6 Å². The number of aryl methyl sites for hydroxylation is 1. The van der Waals surface area contributed by atoms with Gasteiger partial charge >= 0.3 is 0 Å². The van der Waals surface area contributed by atoms with Gasteiger partial charge in [0.2, 0.25) is 0 Å². The van der Waals surface area contributed by atoms with Crippen molar-refractivity contribution in [1.82, 2.24) is 5.32 Å². The van der Waals surface area contributed by atoms with Crippen LogP contribution in [0, 0.1) is 6.92 Å². The number of hydrogen-bond donors (Lipinski definition) is 2. The minimum atomic E-state index is -1.11. The molecule has 128 valence electrons. The lowest BCUT2D eigenvalue weighted by molar-refractivity contribution is 0.0796. The molecule has 0 aliphatic heterocycles. The predicted molar refractivity (Wildman–Crippen MR) is 104 cm³/mol. The minimum Gasteiger partial charge on any atom is -0.379 e. The molecule has 0 heterocycles. The fraction of sp³-hybridized carbons (Fsp3) is 0.182. The molecule has 0 unspecified atom stereocenters. The number of rotatable bonds is 6. The highest BCUT2D eigenvalue weighted by Gasteiger charge is 2.31. The molecular weight excluding hydrogens is 330 g/mol. The highest BCUT2D eigenvalue weighted by molar-refractivity contribution is 6.30. The van der Waals surface area contributed by atoms with E-state index in [0.29, 0.717) is 18.1 Å². The Kier molecular flexibility index (Phi) is 5.54. The summed E-state index contributed by atoms with van der Waals surface area (Å²) >= 11 is 6.01. The summed E-state index contributed by atoms with van der Waals surface area (Å²) in [5, 5.41) is 15.5. The lowest BCUT2D eigenvalue weighted by Gasteiger charge is -2.30. The summed E-state index contributed by atoms with van der Waals surface area (Å²) in [6.45, 7) is 3.18. The molecule has 3 aromatic rings. The van der Waals surface area contributed by atoms with Gasteiger partial charge in [0.25, 0.3) is 0 Å². The smallest absolute Gasteiger partial charge is 0.127 e. The normalized spacial score (nSPS) is 13.4. The fourth-order valence-corrected chi connectivity index (χ4v) is 3.03. The van der Waals surface area contributed by atoms with Gasteiger partial charge in [0, 0.05) is 18.1 Å². The summed E-state index contributed by atoms with van der Waals surface area (Å²) in [5.41, 5.74) is 2.99. The quantitative estimate of drug-likeness (QED) is 0.676. The van der Waals surface area contributed by atoms with Crippen molar-refractivity contribution < 1.29 is 5.11 Å². The molecule has 0 saturated carbocycles. The third-order valence-corrected chi connectivity index (χ3v) is 4.66. The highest BCUT2D eigenvalue weighted by atomic mass is 35.5. The van der Waals surface area contributed by atoms with E-state index in [2.05, 4.69) is 36.5 Å². The van der Waals surface area contributed by atoms with Gasteiger partial charge in [-0.15, -0.1) is 0 Å². The van der Waals surface area contributed by atoms with Crippen molar-refractivity contribution in [2.75, 3.05) is 6.54 Å². The Balaban J connectivity index is 1.81. The average molecular weight is 352 g/mol. The molecule has 0 aromatic heterocycles. The maximum absolute atomic E-state index is 11.5. The standard InChI is InChI=1S/C22H22ClNO/c1-17-7-9-18(10-8-17)15-24-16-22(25,19-5-3-2-4-6-19)20-11-13-21(23)14-12-20/h2-14,24-25H,15-16H2,1H3/t22-/m1/s1. The Morgan fingerprint density at radius 2 is 1.44 bits per heavy atom. The van der Waals surface area contributed by atoms with Crippen LogP contribution in [-0.4, -0.2) is 11.7 Å². The molecule has 0 saturated heterocycles. The third-order valence-electron chi connectivity index (χ3n) is 4.40. The van der Waals surface area contributed by atoms with Crippen LogP contribution in [0.5, 0.6) is 0 Å². The van der Waals surface area contributed by atoms with Crippen LogP contribution in [-0.2, 0) is 12.1 Å². The molecule has 0 fully saturated rings. The molecular formula is C22H22ClNO. The van der Waals surface area contributed by atoms with Crippen LogP contribution < -0.4 is 5.32 Å². The average Bonchev–Trinajstić information content (AvgIpc) is 2.64. The van der Waals surface area contributed by atoms with Crippen molar-refractivity contribution in [3.05, 3.63) is 106 Å². The van der Waals surface area contributed by atoms with Crippen molar-refractivity contribution in [3.8, 4) is 0 Å². The molecule has 0 aliphatic carbocycles. The van der Waals surface area contributed by atoms with Gasteiger partial charge < -0.3 is 10.4 Å². The van der Waals surface area contributed by atoms with Crippen molar-refractivity contribution in [3.63, 3.8) is 0 Å². The lowest BCUT2D eigenvalue weighted by atomic mass is 9.86. The number of hydrogen-bond acceptors (Lipinski definition) is 2. The van der Waals surface area contributed by atoms with Crippen LogP contribution >= 0.6 is 11.6 Å². The number of halogens is 1. The summed E-state index contributed by atoms with van der Waals surface area (Å²) in [4.78, 5) is 0. The van der Waals surface area contributed by atoms with E-state index in [9.17, 15) is 5.11 Å². The molecule has 0 spiro atoms. The number of benzene rings is 3. The fourth-order valence-electron chi connectivity index (χ4n) is 2.90. The summed E-state index contributed by atoms with van der Waals surface area (Å²) in [6.07, 6.45) is 0. The van der Waals surface area contributed by atoms with E-state index in [1.807, 2.05) is 54.6 Å². The first-order valence-corrected chi connectivity index (χ1v) is 8.76. The largest absolute Gasteiger partial charge is 0.379 e. The molecule has 1 atom stereocenters. The maximum atomic E-state index is 11.5. The van der Waals surface area contributed by atoms with Gasteiger partial charge in [0.1, 0.15) is 5.60 Å². The van der Waals surface area contributed by atoms with Gasteiger partial charge in [-0.1, -0.05) is 83.9 Å². The Bertz CT molecular complexity index is 800. The van der Waals surface area contributed by atoms with E-state index in [0.717, 1.165) is 11.1 Å². The van der Waals surface area contributed by atoms with Crippen LogP contribution in [0.3, 0.4) is 0 Å². The van der Waals surface area contributed by atoms with Gasteiger partial charge in [-0.25, -0.2) is 0 Å². The zero-order chi connectivity index (χ0) is 17.7. The SMILES string of the molecule is Cc1ccc(CNC[C@@](O)(c2ccccc2)c2ccc(Cl)cc2)cc1. The predicted octanol–water partition coefficient (Wildman–Crippen LogP) is 4.67. The minimum absolute atomic E-state index is 0.409. The van der Waals surface area contributed by atoms with Gasteiger partial charge in [-0.2, -0.15) is 0 Å². The number of nitrogens with one attached hydrogen (secondary N) is 1. The number of aliphatic hydroxyl groups is 1. The van der Waals surface area contributed by atoms with Gasteiger partial charge in [0.05, 0.1) is 0 Å². The Morgan fingerprint density at radius 3 is 2.08 bits per heavy atom. The first kappa shape index (κ1) is 17.7. The van der Waals surface area contributed by atoms with Crippen LogP contribution in [0.1, 0.15) is 22.3 Å². The first-order chi connectivity index (χ1) is 12.1.